The number of nitrogens with zero attached hydrogens (tertiary/aromatic N) is 2. The first-order valence-electron chi connectivity index (χ1n) is 7.37. The van der Waals surface area contributed by atoms with Crippen LogP contribution in [-0.2, 0) is 4.74 Å². The van der Waals surface area contributed by atoms with Gasteiger partial charge in [0.1, 0.15) is 0 Å². The molecule has 2 heterocycles. The number of ether oxygens (including phenoxy) is 1. The third kappa shape index (κ3) is 2.46. The fourth-order valence-corrected chi connectivity index (χ4v) is 4.00. The maximum Gasteiger partial charge on any atom is 0.409 e. The zero-order valence-corrected chi connectivity index (χ0v) is 11.7. The van der Waals surface area contributed by atoms with Crippen LogP contribution in [0.1, 0.15) is 32.1 Å². The van der Waals surface area contributed by atoms with Gasteiger partial charge in [-0.2, -0.15) is 0 Å². The van der Waals surface area contributed by atoms with E-state index in [0.29, 0.717) is 11.5 Å². The van der Waals surface area contributed by atoms with Crippen molar-refractivity contribution >= 4 is 6.09 Å². The molecule has 1 spiro atoms. The van der Waals surface area contributed by atoms with E-state index >= 15 is 0 Å². The highest BCUT2D eigenvalue weighted by Crippen LogP contribution is 2.50. The van der Waals surface area contributed by atoms with Crippen molar-refractivity contribution in [2.24, 2.45) is 5.41 Å². The summed E-state index contributed by atoms with van der Waals surface area (Å²) in [4.78, 5) is 15.9. The monoisotopic (exact) mass is 268 g/mol. The minimum atomic E-state index is -0.179. The lowest BCUT2D eigenvalue weighted by atomic mass is 9.64. The molecule has 0 atom stereocenters. The van der Waals surface area contributed by atoms with E-state index in [0.717, 1.165) is 45.4 Å². The zero-order valence-electron chi connectivity index (χ0n) is 11.7. The van der Waals surface area contributed by atoms with Gasteiger partial charge in [0.05, 0.1) is 13.2 Å². The number of hydrogen-bond acceptors (Lipinski definition) is 4. The highest BCUT2D eigenvalue weighted by atomic mass is 16.5. The van der Waals surface area contributed by atoms with Gasteiger partial charge in [0, 0.05) is 32.2 Å². The molecule has 0 unspecified atom stereocenters. The van der Waals surface area contributed by atoms with Crippen LogP contribution in [-0.4, -0.2) is 66.4 Å². The van der Waals surface area contributed by atoms with E-state index in [9.17, 15) is 9.90 Å². The number of aliphatic hydroxyl groups is 1. The Kier molecular flexibility index (Phi) is 3.43. The van der Waals surface area contributed by atoms with Gasteiger partial charge in [-0.05, 0) is 37.5 Å². The molecule has 2 saturated heterocycles. The number of aliphatic hydroxyl groups excluding tert-OH is 1. The molecule has 1 amide bonds. The summed E-state index contributed by atoms with van der Waals surface area (Å²) in [6, 6.07) is 0.671. The molecule has 1 N–H and O–H groups in total. The fraction of sp³-hybridized carbons (Fsp3) is 0.929. The Morgan fingerprint density at radius 3 is 2.58 bits per heavy atom. The molecular weight excluding hydrogens is 244 g/mol. The summed E-state index contributed by atoms with van der Waals surface area (Å²) in [5, 5.41) is 9.54. The first-order valence-corrected chi connectivity index (χ1v) is 7.37. The Bertz CT molecular complexity index is 347. The van der Waals surface area contributed by atoms with Gasteiger partial charge in [0.15, 0.2) is 0 Å². The van der Waals surface area contributed by atoms with E-state index in [1.165, 1.54) is 20.0 Å². The minimum absolute atomic E-state index is 0.0911. The summed E-state index contributed by atoms with van der Waals surface area (Å²) >= 11 is 0. The van der Waals surface area contributed by atoms with Crippen molar-refractivity contribution in [1.29, 1.82) is 0 Å². The third-order valence-electron chi connectivity index (χ3n) is 5.22. The van der Waals surface area contributed by atoms with Crippen molar-refractivity contribution in [1.82, 2.24) is 9.80 Å². The van der Waals surface area contributed by atoms with Crippen molar-refractivity contribution in [3.63, 3.8) is 0 Å². The number of amides is 1. The van der Waals surface area contributed by atoms with Crippen LogP contribution in [0.15, 0.2) is 0 Å². The molecule has 5 nitrogen and oxygen atoms in total. The Morgan fingerprint density at radius 2 is 1.95 bits per heavy atom. The highest BCUT2D eigenvalue weighted by molar-refractivity contribution is 5.67. The summed E-state index contributed by atoms with van der Waals surface area (Å²) in [7, 11) is 1.45. The molecule has 0 bridgehead atoms. The predicted molar refractivity (Wildman–Crippen MR) is 70.9 cm³/mol. The van der Waals surface area contributed by atoms with Gasteiger partial charge in [-0.3, -0.25) is 0 Å². The Morgan fingerprint density at radius 1 is 1.26 bits per heavy atom. The van der Waals surface area contributed by atoms with E-state index in [1.807, 2.05) is 4.90 Å². The number of rotatable bonds is 1. The number of methoxy groups -OCH3 is 1. The average molecular weight is 268 g/mol. The number of likely N-dealkylation sites (tertiary alicyclic amines) is 2. The lowest BCUT2D eigenvalue weighted by Gasteiger charge is -2.51. The van der Waals surface area contributed by atoms with E-state index < -0.39 is 0 Å². The summed E-state index contributed by atoms with van der Waals surface area (Å²) < 4.78 is 4.80. The van der Waals surface area contributed by atoms with Gasteiger partial charge in [-0.1, -0.05) is 0 Å². The SMILES string of the molecule is COC(=O)N1CCC2(CC(N3CCC(O)CC3)C2)C1. The molecule has 3 rings (SSSR count). The van der Waals surface area contributed by atoms with Gasteiger partial charge < -0.3 is 19.6 Å². The van der Waals surface area contributed by atoms with Crippen LogP contribution in [0.4, 0.5) is 4.79 Å². The maximum atomic E-state index is 11.5. The van der Waals surface area contributed by atoms with Crippen molar-refractivity contribution in [3.8, 4) is 0 Å². The van der Waals surface area contributed by atoms with Crippen LogP contribution in [0, 0.1) is 5.41 Å². The third-order valence-corrected chi connectivity index (χ3v) is 5.22. The summed E-state index contributed by atoms with van der Waals surface area (Å²) in [6.07, 6.45) is 5.09. The van der Waals surface area contributed by atoms with Gasteiger partial charge in [0.2, 0.25) is 0 Å². The smallest absolute Gasteiger partial charge is 0.409 e. The molecule has 0 aromatic heterocycles. The largest absolute Gasteiger partial charge is 0.453 e. The summed E-state index contributed by atoms with van der Waals surface area (Å²) in [6.45, 7) is 3.77. The van der Waals surface area contributed by atoms with Gasteiger partial charge in [-0.25, -0.2) is 4.79 Å². The van der Waals surface area contributed by atoms with Crippen LogP contribution in [0.25, 0.3) is 0 Å². The van der Waals surface area contributed by atoms with Crippen molar-refractivity contribution in [2.45, 2.75) is 44.2 Å². The van der Waals surface area contributed by atoms with E-state index in [1.54, 1.807) is 0 Å². The average Bonchev–Trinajstić information content (AvgIpc) is 2.82. The van der Waals surface area contributed by atoms with Gasteiger partial charge in [-0.15, -0.1) is 0 Å². The van der Waals surface area contributed by atoms with E-state index in [4.69, 9.17) is 4.74 Å². The number of carbonyl (C=O) groups excluding carboxylic acids is 1. The van der Waals surface area contributed by atoms with Crippen LogP contribution in [0.2, 0.25) is 0 Å². The molecular formula is C14H24N2O3. The van der Waals surface area contributed by atoms with Crippen molar-refractivity contribution < 1.29 is 14.6 Å². The predicted octanol–water partition coefficient (Wildman–Crippen LogP) is 1.06. The van der Waals surface area contributed by atoms with Crippen LogP contribution >= 0.6 is 0 Å². The minimum Gasteiger partial charge on any atom is -0.453 e. The first kappa shape index (κ1) is 13.2. The topological polar surface area (TPSA) is 53.0 Å². The van der Waals surface area contributed by atoms with E-state index in [-0.39, 0.29) is 12.2 Å². The first-order chi connectivity index (χ1) is 9.12. The number of hydrogen-bond donors (Lipinski definition) is 1. The molecule has 3 aliphatic rings. The molecule has 1 saturated carbocycles. The van der Waals surface area contributed by atoms with Crippen LogP contribution in [0.3, 0.4) is 0 Å². The normalized spacial score (nSPS) is 36.5. The lowest BCUT2D eigenvalue weighted by Crippen LogP contribution is -2.54. The van der Waals surface area contributed by atoms with E-state index in [2.05, 4.69) is 4.90 Å². The zero-order chi connectivity index (χ0) is 13.5. The lowest BCUT2D eigenvalue weighted by molar-refractivity contribution is -0.0228. The Labute approximate surface area is 114 Å². The standard InChI is InChI=1S/C14H24N2O3/c1-19-13(18)16-7-4-14(10-16)8-11(9-14)15-5-2-12(17)3-6-15/h11-12,17H,2-10H2,1H3. The quantitative estimate of drug-likeness (QED) is 0.773. The summed E-state index contributed by atoms with van der Waals surface area (Å²) in [5.41, 5.74) is 0.356. The molecule has 19 heavy (non-hydrogen) atoms. The second-order valence-electron chi connectivity index (χ2n) is 6.47. The molecule has 0 aromatic carbocycles. The second-order valence-corrected chi connectivity index (χ2v) is 6.47. The number of piperidine rings is 1. The molecule has 0 aromatic rings. The molecule has 3 fully saturated rings. The van der Waals surface area contributed by atoms with Gasteiger partial charge in [0.25, 0.3) is 0 Å². The highest BCUT2D eigenvalue weighted by Gasteiger charge is 2.51. The second kappa shape index (κ2) is 4.94. The Balaban J connectivity index is 1.49. The molecule has 2 aliphatic heterocycles. The maximum absolute atomic E-state index is 11.5. The molecule has 0 radical (unpaired) electrons. The van der Waals surface area contributed by atoms with Crippen molar-refractivity contribution in [3.05, 3.63) is 0 Å². The van der Waals surface area contributed by atoms with Crippen molar-refractivity contribution in [2.75, 3.05) is 33.3 Å². The Hall–Kier alpha value is -0.810. The summed E-state index contributed by atoms with van der Waals surface area (Å²) in [5.74, 6) is 0. The van der Waals surface area contributed by atoms with Gasteiger partial charge >= 0.3 is 6.09 Å². The van der Waals surface area contributed by atoms with Crippen LogP contribution in [0.5, 0.6) is 0 Å². The molecule has 108 valence electrons. The molecule has 1 aliphatic carbocycles. The molecule has 5 heteroatoms. The number of carbonyl (C=O) groups is 1. The van der Waals surface area contributed by atoms with Crippen LogP contribution < -0.4 is 0 Å². The fourth-order valence-electron chi connectivity index (χ4n) is 4.00.